The molecule has 3 rings (SSSR count). The minimum atomic E-state index is -0.108. The van der Waals surface area contributed by atoms with Crippen molar-refractivity contribution >= 4 is 35.0 Å². The van der Waals surface area contributed by atoms with Gasteiger partial charge in [-0.15, -0.1) is 10.2 Å². The number of thioether (sulfide) groups is 1. The second kappa shape index (κ2) is 9.70. The molecule has 144 valence electrons. The first-order chi connectivity index (χ1) is 13.6. The van der Waals surface area contributed by atoms with Gasteiger partial charge in [0.2, 0.25) is 11.8 Å². The van der Waals surface area contributed by atoms with Crippen LogP contribution in [0.1, 0.15) is 12.2 Å². The van der Waals surface area contributed by atoms with Gasteiger partial charge in [0, 0.05) is 31.3 Å². The summed E-state index contributed by atoms with van der Waals surface area (Å²) < 4.78 is 1.82. The summed E-state index contributed by atoms with van der Waals surface area (Å²) in [7, 11) is 1.84. The molecule has 1 aromatic heterocycles. The number of para-hydroxylation sites is 2. The monoisotopic (exact) mass is 395 g/mol. The molecule has 0 bridgehead atoms. The number of aryl methyl sites for hydroxylation is 1. The van der Waals surface area contributed by atoms with Crippen molar-refractivity contribution in [3.8, 4) is 0 Å². The Kier molecular flexibility index (Phi) is 6.80. The van der Waals surface area contributed by atoms with Gasteiger partial charge >= 0.3 is 0 Å². The van der Waals surface area contributed by atoms with Gasteiger partial charge in [0.1, 0.15) is 5.82 Å². The summed E-state index contributed by atoms with van der Waals surface area (Å²) in [5.41, 5.74) is 1.53. The first-order valence-electron chi connectivity index (χ1n) is 8.82. The third-order valence-electron chi connectivity index (χ3n) is 3.95. The minimum Gasteiger partial charge on any atom is -0.326 e. The summed E-state index contributed by atoms with van der Waals surface area (Å²) in [6.45, 7) is 0. The van der Waals surface area contributed by atoms with E-state index in [2.05, 4.69) is 20.8 Å². The molecule has 0 aliphatic carbocycles. The van der Waals surface area contributed by atoms with Crippen molar-refractivity contribution in [1.29, 1.82) is 0 Å². The smallest absolute Gasteiger partial charge is 0.234 e. The lowest BCUT2D eigenvalue weighted by atomic mass is 10.2. The number of carbonyl (C=O) groups is 2. The van der Waals surface area contributed by atoms with Gasteiger partial charge in [0.25, 0.3) is 0 Å². The van der Waals surface area contributed by atoms with Gasteiger partial charge in [-0.05, 0) is 24.3 Å². The second-order valence-corrected chi connectivity index (χ2v) is 7.02. The largest absolute Gasteiger partial charge is 0.326 e. The molecule has 2 amide bonds. The Balaban J connectivity index is 1.46. The van der Waals surface area contributed by atoms with Crippen molar-refractivity contribution in [1.82, 2.24) is 14.8 Å². The summed E-state index contributed by atoms with van der Waals surface area (Å²) in [6, 6.07) is 18.6. The number of aromatic nitrogens is 3. The fourth-order valence-electron chi connectivity index (χ4n) is 2.51. The van der Waals surface area contributed by atoms with Crippen molar-refractivity contribution in [3.05, 3.63) is 66.5 Å². The number of hydrogen-bond acceptors (Lipinski definition) is 5. The standard InChI is InChI=1S/C20H21N5O2S/c1-25-17(12-13-18(26)21-15-8-4-2-5-9-15)23-24-20(25)28-14-19(27)22-16-10-6-3-7-11-16/h2-11H,12-14H2,1H3,(H,21,26)(H,22,27). The average Bonchev–Trinajstić information content (AvgIpc) is 3.06. The van der Waals surface area contributed by atoms with Crippen molar-refractivity contribution in [3.63, 3.8) is 0 Å². The quantitative estimate of drug-likeness (QED) is 0.572. The lowest BCUT2D eigenvalue weighted by Crippen LogP contribution is -2.15. The highest BCUT2D eigenvalue weighted by atomic mass is 32.2. The molecule has 0 saturated heterocycles. The molecule has 0 radical (unpaired) electrons. The minimum absolute atomic E-state index is 0.0781. The molecule has 3 aromatic rings. The van der Waals surface area contributed by atoms with Crippen molar-refractivity contribution in [2.45, 2.75) is 18.0 Å². The van der Waals surface area contributed by atoms with E-state index in [4.69, 9.17) is 0 Å². The van der Waals surface area contributed by atoms with Crippen LogP contribution in [0.3, 0.4) is 0 Å². The number of anilines is 2. The Morgan fingerprint density at radius 1 is 0.893 bits per heavy atom. The number of benzene rings is 2. The van der Waals surface area contributed by atoms with Crippen LogP contribution in [0.5, 0.6) is 0 Å². The van der Waals surface area contributed by atoms with E-state index < -0.39 is 0 Å². The van der Waals surface area contributed by atoms with E-state index in [0.717, 1.165) is 11.4 Å². The Labute approximate surface area is 167 Å². The van der Waals surface area contributed by atoms with Crippen molar-refractivity contribution < 1.29 is 9.59 Å². The molecule has 0 saturated carbocycles. The molecule has 8 heteroatoms. The maximum Gasteiger partial charge on any atom is 0.234 e. The lowest BCUT2D eigenvalue weighted by molar-refractivity contribution is -0.116. The molecule has 0 spiro atoms. The van der Waals surface area contributed by atoms with E-state index in [1.165, 1.54) is 11.8 Å². The third kappa shape index (κ3) is 5.68. The van der Waals surface area contributed by atoms with E-state index in [9.17, 15) is 9.59 Å². The van der Waals surface area contributed by atoms with Crippen LogP contribution >= 0.6 is 11.8 Å². The van der Waals surface area contributed by atoms with Crippen LogP contribution < -0.4 is 10.6 Å². The van der Waals surface area contributed by atoms with Gasteiger partial charge in [0.05, 0.1) is 5.75 Å². The first-order valence-corrected chi connectivity index (χ1v) is 9.81. The fraction of sp³-hybridized carbons (Fsp3) is 0.200. The summed E-state index contributed by atoms with van der Waals surface area (Å²) in [5.74, 6) is 0.748. The molecule has 0 aliphatic rings. The van der Waals surface area contributed by atoms with E-state index in [1.54, 1.807) is 0 Å². The van der Waals surface area contributed by atoms with Gasteiger partial charge in [-0.3, -0.25) is 9.59 Å². The number of rotatable bonds is 8. The maximum absolute atomic E-state index is 12.1. The molecular weight excluding hydrogens is 374 g/mol. The maximum atomic E-state index is 12.1. The Morgan fingerprint density at radius 2 is 1.46 bits per heavy atom. The fourth-order valence-corrected chi connectivity index (χ4v) is 3.24. The van der Waals surface area contributed by atoms with E-state index in [1.807, 2.05) is 72.3 Å². The van der Waals surface area contributed by atoms with Crippen LogP contribution in [0.4, 0.5) is 11.4 Å². The Bertz CT molecular complexity index is 853. The summed E-state index contributed by atoms with van der Waals surface area (Å²) >= 11 is 1.31. The molecule has 0 aliphatic heterocycles. The zero-order chi connectivity index (χ0) is 19.8. The zero-order valence-electron chi connectivity index (χ0n) is 15.5. The Hall–Kier alpha value is -3.13. The van der Waals surface area contributed by atoms with E-state index >= 15 is 0 Å². The third-order valence-corrected chi connectivity index (χ3v) is 4.97. The Morgan fingerprint density at radius 3 is 2.07 bits per heavy atom. The predicted molar refractivity (Wildman–Crippen MR) is 110 cm³/mol. The highest BCUT2D eigenvalue weighted by Crippen LogP contribution is 2.17. The average molecular weight is 395 g/mol. The molecule has 1 heterocycles. The van der Waals surface area contributed by atoms with Crippen LogP contribution in [-0.2, 0) is 23.1 Å². The number of amides is 2. The molecule has 2 N–H and O–H groups in total. The molecule has 28 heavy (non-hydrogen) atoms. The SMILES string of the molecule is Cn1c(CCC(=O)Nc2ccccc2)nnc1SCC(=O)Nc1ccccc1. The molecular formula is C20H21N5O2S. The number of nitrogens with one attached hydrogen (secondary N) is 2. The highest BCUT2D eigenvalue weighted by molar-refractivity contribution is 7.99. The molecule has 7 nitrogen and oxygen atoms in total. The van der Waals surface area contributed by atoms with Gasteiger partial charge in [-0.1, -0.05) is 48.2 Å². The number of nitrogens with zero attached hydrogens (tertiary/aromatic N) is 3. The molecule has 0 atom stereocenters. The number of carbonyl (C=O) groups excluding carboxylic acids is 2. The van der Waals surface area contributed by atoms with Gasteiger partial charge in [0.15, 0.2) is 5.16 Å². The van der Waals surface area contributed by atoms with Gasteiger partial charge < -0.3 is 15.2 Å². The van der Waals surface area contributed by atoms with E-state index in [-0.39, 0.29) is 17.6 Å². The zero-order valence-corrected chi connectivity index (χ0v) is 16.3. The molecule has 0 fully saturated rings. The molecule has 0 unspecified atom stereocenters. The van der Waals surface area contributed by atoms with Crippen molar-refractivity contribution in [2.24, 2.45) is 7.05 Å². The van der Waals surface area contributed by atoms with Crippen LogP contribution in [0.15, 0.2) is 65.8 Å². The highest BCUT2D eigenvalue weighted by Gasteiger charge is 2.13. The van der Waals surface area contributed by atoms with Gasteiger partial charge in [-0.2, -0.15) is 0 Å². The van der Waals surface area contributed by atoms with E-state index in [0.29, 0.717) is 23.8 Å². The van der Waals surface area contributed by atoms with Crippen LogP contribution in [0, 0.1) is 0 Å². The number of hydrogen-bond donors (Lipinski definition) is 2. The van der Waals surface area contributed by atoms with Crippen LogP contribution in [-0.4, -0.2) is 32.3 Å². The first kappa shape index (κ1) is 19.6. The van der Waals surface area contributed by atoms with Crippen LogP contribution in [0.2, 0.25) is 0 Å². The summed E-state index contributed by atoms with van der Waals surface area (Å²) in [6.07, 6.45) is 0.777. The van der Waals surface area contributed by atoms with Crippen LogP contribution in [0.25, 0.3) is 0 Å². The van der Waals surface area contributed by atoms with Crippen molar-refractivity contribution in [2.75, 3.05) is 16.4 Å². The normalized spacial score (nSPS) is 10.5. The summed E-state index contributed by atoms with van der Waals surface area (Å²) in [5, 5.41) is 14.6. The molecule has 2 aromatic carbocycles. The summed E-state index contributed by atoms with van der Waals surface area (Å²) in [4.78, 5) is 24.1. The predicted octanol–water partition coefficient (Wildman–Crippen LogP) is 3.12. The van der Waals surface area contributed by atoms with Gasteiger partial charge in [-0.25, -0.2) is 0 Å². The second-order valence-electron chi connectivity index (χ2n) is 6.07. The lowest BCUT2D eigenvalue weighted by Gasteiger charge is -2.06. The topological polar surface area (TPSA) is 88.9 Å².